The van der Waals surface area contributed by atoms with Crippen molar-refractivity contribution < 1.29 is 4.42 Å². The van der Waals surface area contributed by atoms with Crippen LogP contribution in [0.4, 0.5) is 0 Å². The number of fused-ring (bicyclic) bond motifs is 3. The van der Waals surface area contributed by atoms with Gasteiger partial charge in [0.2, 0.25) is 0 Å². The van der Waals surface area contributed by atoms with Gasteiger partial charge in [0.05, 0.1) is 16.6 Å². The molecule has 0 fully saturated rings. The van der Waals surface area contributed by atoms with Crippen LogP contribution in [0.15, 0.2) is 199 Å². The van der Waals surface area contributed by atoms with E-state index in [-0.39, 0.29) is 0 Å². The van der Waals surface area contributed by atoms with Gasteiger partial charge in [-0.1, -0.05) is 176 Å². The van der Waals surface area contributed by atoms with E-state index < -0.39 is 0 Å². The lowest BCUT2D eigenvalue weighted by atomic mass is 9.94. The number of benzene rings is 7. The van der Waals surface area contributed by atoms with Crippen LogP contribution in [0.2, 0.25) is 0 Å². The van der Waals surface area contributed by atoms with Gasteiger partial charge in [-0.05, 0) is 34.9 Å². The van der Waals surface area contributed by atoms with Crippen molar-refractivity contribution in [2.24, 2.45) is 0 Å². The van der Waals surface area contributed by atoms with Crippen molar-refractivity contribution in [1.82, 2.24) is 19.9 Å². The van der Waals surface area contributed by atoms with Crippen molar-refractivity contribution in [3.8, 4) is 79.0 Å². The maximum atomic E-state index is 6.93. The minimum atomic E-state index is 0.596. The number of para-hydroxylation sites is 1. The molecule has 0 radical (unpaired) electrons. The molecule has 55 heavy (non-hydrogen) atoms. The monoisotopic (exact) mass is 704 g/mol. The summed E-state index contributed by atoms with van der Waals surface area (Å²) in [4.78, 5) is 20.3. The Hall–Kier alpha value is -7.50. The Balaban J connectivity index is 1.15. The van der Waals surface area contributed by atoms with Gasteiger partial charge in [-0.15, -0.1) is 0 Å². The molecule has 0 N–H and O–H groups in total. The first-order valence-electron chi connectivity index (χ1n) is 18.3. The van der Waals surface area contributed by atoms with Gasteiger partial charge in [-0.25, -0.2) is 19.9 Å². The zero-order valence-electron chi connectivity index (χ0n) is 29.7. The molecule has 258 valence electrons. The van der Waals surface area contributed by atoms with Gasteiger partial charge in [0, 0.05) is 38.8 Å². The minimum Gasteiger partial charge on any atom is -0.455 e. The molecule has 5 nitrogen and oxygen atoms in total. The van der Waals surface area contributed by atoms with Crippen molar-refractivity contribution in [2.75, 3.05) is 0 Å². The van der Waals surface area contributed by atoms with Crippen LogP contribution < -0.4 is 0 Å². The maximum Gasteiger partial charge on any atom is 0.164 e. The van der Waals surface area contributed by atoms with E-state index in [0.717, 1.165) is 83.4 Å². The summed E-state index contributed by atoms with van der Waals surface area (Å²) in [6.07, 6.45) is 0. The fourth-order valence-electron chi connectivity index (χ4n) is 7.26. The summed E-state index contributed by atoms with van der Waals surface area (Å²) in [5.74, 6) is 2.63. The summed E-state index contributed by atoms with van der Waals surface area (Å²) >= 11 is 0. The summed E-state index contributed by atoms with van der Waals surface area (Å²) in [5, 5.41) is 1.95. The first kappa shape index (κ1) is 32.2. The van der Waals surface area contributed by atoms with Gasteiger partial charge in [0.1, 0.15) is 11.3 Å². The second-order valence-electron chi connectivity index (χ2n) is 13.4. The van der Waals surface area contributed by atoms with Crippen molar-refractivity contribution in [1.29, 1.82) is 0 Å². The SMILES string of the molecule is c1ccc(-c2cccc(-c3nc(-c4ccccc4)nc(-c4ccc(-c5c(-c6ccccc6)oc6c5c(-c5ccccc5)nc5ccccc56)cc4)n3)c2)cc1. The van der Waals surface area contributed by atoms with E-state index in [1.54, 1.807) is 0 Å². The molecule has 0 saturated carbocycles. The van der Waals surface area contributed by atoms with Crippen LogP contribution >= 0.6 is 0 Å². The van der Waals surface area contributed by atoms with Gasteiger partial charge in [-0.2, -0.15) is 0 Å². The van der Waals surface area contributed by atoms with E-state index in [0.29, 0.717) is 17.5 Å². The first-order chi connectivity index (χ1) is 27.3. The van der Waals surface area contributed by atoms with Crippen LogP contribution in [0.25, 0.3) is 101 Å². The van der Waals surface area contributed by atoms with E-state index in [9.17, 15) is 0 Å². The molecule has 0 aliphatic heterocycles. The molecule has 7 aromatic carbocycles. The van der Waals surface area contributed by atoms with E-state index in [1.165, 1.54) is 0 Å². The van der Waals surface area contributed by atoms with Crippen molar-refractivity contribution in [3.63, 3.8) is 0 Å². The molecular weight excluding hydrogens is 673 g/mol. The number of furan rings is 1. The molecule has 10 rings (SSSR count). The largest absolute Gasteiger partial charge is 0.455 e. The molecular formula is C50H32N4O. The average molecular weight is 705 g/mol. The van der Waals surface area contributed by atoms with Crippen LogP contribution in [0.3, 0.4) is 0 Å². The van der Waals surface area contributed by atoms with Crippen molar-refractivity contribution in [2.45, 2.75) is 0 Å². The topological polar surface area (TPSA) is 64.7 Å². The smallest absolute Gasteiger partial charge is 0.164 e. The summed E-state index contributed by atoms with van der Waals surface area (Å²) in [6.45, 7) is 0. The molecule has 0 amide bonds. The predicted octanol–water partition coefficient (Wildman–Crippen LogP) is 12.8. The predicted molar refractivity (Wildman–Crippen MR) is 223 cm³/mol. The highest BCUT2D eigenvalue weighted by Crippen LogP contribution is 2.46. The highest BCUT2D eigenvalue weighted by Gasteiger charge is 2.24. The van der Waals surface area contributed by atoms with Gasteiger partial charge in [-0.3, -0.25) is 0 Å². The Bertz CT molecular complexity index is 2940. The number of nitrogens with zero attached hydrogens (tertiary/aromatic N) is 4. The minimum absolute atomic E-state index is 0.596. The van der Waals surface area contributed by atoms with Crippen LogP contribution in [-0.4, -0.2) is 19.9 Å². The third-order valence-corrected chi connectivity index (χ3v) is 9.94. The number of hydrogen-bond donors (Lipinski definition) is 0. The second kappa shape index (κ2) is 13.8. The van der Waals surface area contributed by atoms with E-state index in [2.05, 4.69) is 115 Å². The van der Waals surface area contributed by atoms with Gasteiger partial charge < -0.3 is 4.42 Å². The molecule has 10 aromatic rings. The molecule has 0 bridgehead atoms. The van der Waals surface area contributed by atoms with Crippen LogP contribution in [0, 0.1) is 0 Å². The molecule has 0 spiro atoms. The molecule has 0 unspecified atom stereocenters. The zero-order valence-corrected chi connectivity index (χ0v) is 29.7. The molecule has 0 aliphatic carbocycles. The fourth-order valence-corrected chi connectivity index (χ4v) is 7.26. The molecule has 0 atom stereocenters. The lowest BCUT2D eigenvalue weighted by Crippen LogP contribution is -2.00. The quantitative estimate of drug-likeness (QED) is 0.165. The number of pyridine rings is 1. The van der Waals surface area contributed by atoms with Gasteiger partial charge in [0.15, 0.2) is 17.5 Å². The summed E-state index contributed by atoms with van der Waals surface area (Å²) in [6, 6.07) is 66.1. The summed E-state index contributed by atoms with van der Waals surface area (Å²) < 4.78 is 6.93. The van der Waals surface area contributed by atoms with Crippen molar-refractivity contribution >= 4 is 21.9 Å². The normalized spacial score (nSPS) is 11.3. The zero-order chi connectivity index (χ0) is 36.6. The number of hydrogen-bond acceptors (Lipinski definition) is 5. The van der Waals surface area contributed by atoms with Crippen LogP contribution in [-0.2, 0) is 0 Å². The van der Waals surface area contributed by atoms with E-state index in [1.807, 2.05) is 78.9 Å². The summed E-state index contributed by atoms with van der Waals surface area (Å²) in [5.41, 5.74) is 11.6. The van der Waals surface area contributed by atoms with Gasteiger partial charge in [0.25, 0.3) is 0 Å². The Morgan fingerprint density at radius 1 is 0.327 bits per heavy atom. The first-order valence-corrected chi connectivity index (χ1v) is 18.3. The molecule has 3 aromatic heterocycles. The van der Waals surface area contributed by atoms with Crippen LogP contribution in [0.1, 0.15) is 0 Å². The highest BCUT2D eigenvalue weighted by atomic mass is 16.3. The van der Waals surface area contributed by atoms with Crippen molar-refractivity contribution in [3.05, 3.63) is 194 Å². The average Bonchev–Trinajstić information content (AvgIpc) is 3.68. The van der Waals surface area contributed by atoms with E-state index >= 15 is 0 Å². The molecule has 0 aliphatic rings. The van der Waals surface area contributed by atoms with E-state index in [4.69, 9.17) is 24.4 Å². The van der Waals surface area contributed by atoms with Crippen LogP contribution in [0.5, 0.6) is 0 Å². The third-order valence-electron chi connectivity index (χ3n) is 9.94. The Morgan fingerprint density at radius 2 is 0.800 bits per heavy atom. The fraction of sp³-hybridized carbons (Fsp3) is 0. The standard InChI is InChI=1S/C50H32N4O/c1-5-16-33(17-6-1)39-24-15-25-40(32-39)50-53-48(37-22-11-4-12-23-37)52-49(54-50)38-30-28-34(29-31-38)43-44-45(35-18-7-2-8-19-35)51-42-27-14-13-26-41(42)47(44)55-46(43)36-20-9-3-10-21-36/h1-32H. The molecule has 0 saturated heterocycles. The molecule has 5 heteroatoms. The third kappa shape index (κ3) is 6.04. The second-order valence-corrected chi connectivity index (χ2v) is 13.4. The summed E-state index contributed by atoms with van der Waals surface area (Å²) in [7, 11) is 0. The maximum absolute atomic E-state index is 6.93. The lowest BCUT2D eigenvalue weighted by molar-refractivity contribution is 0.636. The Kier molecular flexibility index (Phi) is 8.08. The highest BCUT2D eigenvalue weighted by molar-refractivity contribution is 6.16. The Labute approximate surface area is 318 Å². The Morgan fingerprint density at radius 3 is 1.45 bits per heavy atom. The molecule has 3 heterocycles. The number of rotatable bonds is 7. The van der Waals surface area contributed by atoms with Gasteiger partial charge >= 0.3 is 0 Å². The lowest BCUT2D eigenvalue weighted by Gasteiger charge is -2.11. The number of aromatic nitrogens is 4.